The van der Waals surface area contributed by atoms with Gasteiger partial charge in [-0.2, -0.15) is 5.10 Å². The van der Waals surface area contributed by atoms with Crippen LogP contribution in [0.2, 0.25) is 0 Å². The summed E-state index contributed by atoms with van der Waals surface area (Å²) in [4.78, 5) is 25.0. The van der Waals surface area contributed by atoms with E-state index in [-0.39, 0.29) is 29.1 Å². The lowest BCUT2D eigenvalue weighted by Gasteiger charge is -2.16. The summed E-state index contributed by atoms with van der Waals surface area (Å²) in [5, 5.41) is 3.98. The number of carbonyl (C=O) groups is 2. The molecule has 0 spiro atoms. The summed E-state index contributed by atoms with van der Waals surface area (Å²) in [5.74, 6) is -0.437. The van der Waals surface area contributed by atoms with Crippen molar-refractivity contribution in [2.45, 2.75) is 13.3 Å². The van der Waals surface area contributed by atoms with E-state index in [1.54, 1.807) is 14.0 Å². The first-order chi connectivity index (χ1) is 7.93. The summed E-state index contributed by atoms with van der Waals surface area (Å²) >= 11 is 4.88. The third kappa shape index (κ3) is 1.72. The number of carbonyl (C=O) groups excluding carboxylic acids is 2. The smallest absolute Gasteiger partial charge is 0.238 e. The van der Waals surface area contributed by atoms with E-state index in [9.17, 15) is 9.59 Å². The van der Waals surface area contributed by atoms with Crippen molar-refractivity contribution in [1.29, 1.82) is 0 Å². The summed E-state index contributed by atoms with van der Waals surface area (Å²) < 4.78 is 1.43. The highest BCUT2D eigenvalue weighted by molar-refractivity contribution is 7.80. The zero-order valence-electron chi connectivity index (χ0n) is 9.51. The summed E-state index contributed by atoms with van der Waals surface area (Å²) in [6.45, 7) is 1.72. The van der Waals surface area contributed by atoms with Gasteiger partial charge < -0.3 is 5.73 Å². The molecular formula is C10H12N4O2S. The number of hydrogen-bond acceptors (Lipinski definition) is 4. The van der Waals surface area contributed by atoms with Crippen molar-refractivity contribution in [2.24, 2.45) is 18.7 Å². The lowest BCUT2D eigenvalue weighted by atomic mass is 10.1. The average Bonchev–Trinajstić information content (AvgIpc) is 2.70. The third-order valence-electron chi connectivity index (χ3n) is 2.76. The molecular weight excluding hydrogens is 240 g/mol. The third-order valence-corrected chi connectivity index (χ3v) is 2.98. The van der Waals surface area contributed by atoms with Crippen LogP contribution in [0.3, 0.4) is 0 Å². The van der Waals surface area contributed by atoms with Crippen molar-refractivity contribution in [3.63, 3.8) is 0 Å². The average molecular weight is 252 g/mol. The first-order valence-corrected chi connectivity index (χ1v) is 5.53. The molecule has 7 heteroatoms. The van der Waals surface area contributed by atoms with E-state index in [1.807, 2.05) is 0 Å². The van der Waals surface area contributed by atoms with E-state index in [2.05, 4.69) is 5.10 Å². The van der Waals surface area contributed by atoms with E-state index >= 15 is 0 Å². The fourth-order valence-corrected chi connectivity index (χ4v) is 2.02. The second kappa shape index (κ2) is 3.92. The molecule has 0 saturated carbocycles. The number of aryl methyl sites for hydroxylation is 1. The predicted octanol–water partition coefficient (Wildman–Crippen LogP) is -0.0463. The Labute approximate surface area is 103 Å². The Hall–Kier alpha value is -1.76. The summed E-state index contributed by atoms with van der Waals surface area (Å²) in [6.07, 6.45) is 1.67. The van der Waals surface area contributed by atoms with Crippen LogP contribution in [0.25, 0.3) is 0 Å². The van der Waals surface area contributed by atoms with Crippen LogP contribution in [0.15, 0.2) is 6.20 Å². The van der Waals surface area contributed by atoms with Crippen molar-refractivity contribution in [3.05, 3.63) is 11.8 Å². The monoisotopic (exact) mass is 252 g/mol. The number of hydrogen-bond donors (Lipinski definition) is 1. The van der Waals surface area contributed by atoms with Gasteiger partial charge in [0.2, 0.25) is 11.8 Å². The van der Waals surface area contributed by atoms with Gasteiger partial charge in [-0.3, -0.25) is 14.3 Å². The normalized spacial score (nSPS) is 20.1. The molecule has 1 aromatic rings. The maximum absolute atomic E-state index is 11.9. The van der Waals surface area contributed by atoms with Crippen molar-refractivity contribution in [1.82, 2.24) is 9.78 Å². The molecule has 2 heterocycles. The van der Waals surface area contributed by atoms with Gasteiger partial charge in [0, 0.05) is 19.4 Å². The Balaban J connectivity index is 2.54. The Morgan fingerprint density at radius 2 is 2.24 bits per heavy atom. The van der Waals surface area contributed by atoms with E-state index in [4.69, 9.17) is 18.0 Å². The van der Waals surface area contributed by atoms with E-state index < -0.39 is 0 Å². The minimum atomic E-state index is -0.309. The lowest BCUT2D eigenvalue weighted by molar-refractivity contribution is -0.122. The largest absolute Gasteiger partial charge is 0.389 e. The SMILES string of the molecule is CC1CC(=O)N(c2c(C(N)=S)cnn2C)C1=O. The highest BCUT2D eigenvalue weighted by Gasteiger charge is 2.39. The fraction of sp³-hybridized carbons (Fsp3) is 0.400. The van der Waals surface area contributed by atoms with Crippen molar-refractivity contribution >= 4 is 34.8 Å². The second-order valence-electron chi connectivity index (χ2n) is 4.04. The molecule has 2 rings (SSSR count). The summed E-state index contributed by atoms with van der Waals surface area (Å²) in [5.41, 5.74) is 5.99. The van der Waals surface area contributed by atoms with Crippen LogP contribution in [-0.2, 0) is 16.6 Å². The molecule has 90 valence electrons. The molecule has 6 nitrogen and oxygen atoms in total. The van der Waals surface area contributed by atoms with Gasteiger partial charge in [-0.1, -0.05) is 19.1 Å². The van der Waals surface area contributed by atoms with Crippen LogP contribution < -0.4 is 10.6 Å². The molecule has 1 aliphatic heterocycles. The number of nitrogens with two attached hydrogens (primary N) is 1. The van der Waals surface area contributed by atoms with E-state index in [1.165, 1.54) is 10.9 Å². The molecule has 1 unspecified atom stereocenters. The number of nitrogens with zero attached hydrogens (tertiary/aromatic N) is 3. The van der Waals surface area contributed by atoms with Crippen LogP contribution in [0.1, 0.15) is 18.9 Å². The molecule has 1 atom stereocenters. The number of imide groups is 1. The molecule has 2 amide bonds. The predicted molar refractivity (Wildman–Crippen MR) is 65.4 cm³/mol. The highest BCUT2D eigenvalue weighted by atomic mass is 32.1. The Bertz CT molecular complexity index is 522. The number of amides is 2. The minimum Gasteiger partial charge on any atom is -0.389 e. The topological polar surface area (TPSA) is 81.2 Å². The first kappa shape index (κ1) is 11.7. The molecule has 0 aromatic carbocycles. The van der Waals surface area contributed by atoms with Crippen LogP contribution in [0, 0.1) is 5.92 Å². The zero-order valence-corrected chi connectivity index (χ0v) is 10.3. The standard InChI is InChI=1S/C10H12N4O2S/c1-5-3-7(15)14(10(5)16)9-6(8(11)17)4-12-13(9)2/h4-5H,3H2,1-2H3,(H2,11,17). The van der Waals surface area contributed by atoms with Gasteiger partial charge in [0.15, 0.2) is 5.82 Å². The summed E-state index contributed by atoms with van der Waals surface area (Å²) in [6, 6.07) is 0. The quantitative estimate of drug-likeness (QED) is 0.589. The zero-order chi connectivity index (χ0) is 12.7. The summed E-state index contributed by atoms with van der Waals surface area (Å²) in [7, 11) is 1.64. The second-order valence-corrected chi connectivity index (χ2v) is 4.48. The molecule has 2 N–H and O–H groups in total. The van der Waals surface area contributed by atoms with Gasteiger partial charge in [0.05, 0.1) is 11.8 Å². The highest BCUT2D eigenvalue weighted by Crippen LogP contribution is 2.28. The van der Waals surface area contributed by atoms with Crippen LogP contribution in [0.4, 0.5) is 5.82 Å². The molecule has 0 bridgehead atoms. The maximum Gasteiger partial charge on any atom is 0.238 e. The molecule has 1 saturated heterocycles. The maximum atomic E-state index is 11.9. The molecule has 17 heavy (non-hydrogen) atoms. The van der Waals surface area contributed by atoms with Gasteiger partial charge in [0.25, 0.3) is 0 Å². The van der Waals surface area contributed by atoms with Crippen LogP contribution in [-0.4, -0.2) is 26.6 Å². The fourth-order valence-electron chi connectivity index (χ4n) is 1.88. The van der Waals surface area contributed by atoms with E-state index in [0.29, 0.717) is 11.4 Å². The number of anilines is 1. The minimum absolute atomic E-state index is 0.119. The Morgan fingerprint density at radius 3 is 2.71 bits per heavy atom. The van der Waals surface area contributed by atoms with Gasteiger partial charge in [-0.25, -0.2) is 4.90 Å². The Kier molecular flexibility index (Phi) is 2.70. The van der Waals surface area contributed by atoms with Crippen molar-refractivity contribution in [2.75, 3.05) is 4.90 Å². The van der Waals surface area contributed by atoms with Gasteiger partial charge in [-0.15, -0.1) is 0 Å². The van der Waals surface area contributed by atoms with Crippen LogP contribution in [0.5, 0.6) is 0 Å². The van der Waals surface area contributed by atoms with Crippen molar-refractivity contribution in [3.8, 4) is 0 Å². The number of thiocarbonyl (C=S) groups is 1. The van der Waals surface area contributed by atoms with Gasteiger partial charge in [-0.05, 0) is 0 Å². The molecule has 0 aliphatic carbocycles. The number of aromatic nitrogens is 2. The number of rotatable bonds is 2. The Morgan fingerprint density at radius 1 is 1.59 bits per heavy atom. The molecule has 1 aromatic heterocycles. The molecule has 1 aliphatic rings. The van der Waals surface area contributed by atoms with Crippen molar-refractivity contribution < 1.29 is 9.59 Å². The van der Waals surface area contributed by atoms with E-state index in [0.717, 1.165) is 4.90 Å². The van der Waals surface area contributed by atoms with Gasteiger partial charge >= 0.3 is 0 Å². The molecule has 0 radical (unpaired) electrons. The van der Waals surface area contributed by atoms with Gasteiger partial charge in [0.1, 0.15) is 4.99 Å². The van der Waals surface area contributed by atoms with Crippen LogP contribution >= 0.6 is 12.2 Å². The first-order valence-electron chi connectivity index (χ1n) is 5.12. The lowest BCUT2D eigenvalue weighted by Crippen LogP contribution is -2.33. The molecule has 1 fully saturated rings.